The molecule has 0 atom stereocenters. The third-order valence-electron chi connectivity index (χ3n) is 4.77. The molecule has 128 valence electrons. The normalized spacial score (nSPS) is 19.6. The number of carbonyl (C=O) groups excluding carboxylic acids is 1. The van der Waals surface area contributed by atoms with E-state index in [1.165, 1.54) is 31.9 Å². The highest BCUT2D eigenvalue weighted by atomic mass is 16.2. The van der Waals surface area contributed by atoms with Crippen LogP contribution in [0.3, 0.4) is 0 Å². The van der Waals surface area contributed by atoms with Crippen LogP contribution in [0.25, 0.3) is 0 Å². The number of piperazine rings is 1. The molecule has 0 unspecified atom stereocenters. The van der Waals surface area contributed by atoms with Gasteiger partial charge in [0.15, 0.2) is 11.5 Å². The van der Waals surface area contributed by atoms with Crippen LogP contribution in [-0.2, 0) is 4.79 Å². The van der Waals surface area contributed by atoms with Crippen molar-refractivity contribution in [2.24, 2.45) is 0 Å². The monoisotopic (exact) mass is 328 g/mol. The Morgan fingerprint density at radius 3 is 2.33 bits per heavy atom. The standard InChI is InChI=1S/C17H24N6O/c18-13-15-17(20-6-5-19-15)23-11-9-22(10-12-23)16(24)14-21-7-3-1-2-4-8-21/h5-6H,1-4,7-12,14H2. The van der Waals surface area contributed by atoms with Gasteiger partial charge < -0.3 is 9.80 Å². The second kappa shape index (κ2) is 8.06. The summed E-state index contributed by atoms with van der Waals surface area (Å²) in [6.45, 7) is 5.35. The summed E-state index contributed by atoms with van der Waals surface area (Å²) in [5.74, 6) is 0.843. The fourth-order valence-corrected chi connectivity index (χ4v) is 3.39. The minimum atomic E-state index is 0.219. The number of carbonyl (C=O) groups is 1. The first kappa shape index (κ1) is 16.7. The first-order valence-corrected chi connectivity index (χ1v) is 8.74. The summed E-state index contributed by atoms with van der Waals surface area (Å²) in [5, 5.41) is 9.15. The first-order valence-electron chi connectivity index (χ1n) is 8.74. The molecule has 2 fully saturated rings. The van der Waals surface area contributed by atoms with Crippen molar-refractivity contribution in [2.45, 2.75) is 25.7 Å². The highest BCUT2D eigenvalue weighted by Gasteiger charge is 2.25. The average molecular weight is 328 g/mol. The van der Waals surface area contributed by atoms with Crippen LogP contribution < -0.4 is 4.90 Å². The molecule has 0 aromatic carbocycles. The van der Waals surface area contributed by atoms with Crippen molar-refractivity contribution in [3.8, 4) is 6.07 Å². The number of amides is 1. The summed E-state index contributed by atoms with van der Waals surface area (Å²) in [6, 6.07) is 2.08. The van der Waals surface area contributed by atoms with E-state index in [9.17, 15) is 4.79 Å². The van der Waals surface area contributed by atoms with Gasteiger partial charge in [-0.2, -0.15) is 5.26 Å². The van der Waals surface area contributed by atoms with Gasteiger partial charge in [0.05, 0.1) is 6.54 Å². The van der Waals surface area contributed by atoms with E-state index in [2.05, 4.69) is 20.9 Å². The lowest BCUT2D eigenvalue weighted by molar-refractivity contribution is -0.132. The van der Waals surface area contributed by atoms with E-state index in [1.54, 1.807) is 6.20 Å². The fourth-order valence-electron chi connectivity index (χ4n) is 3.39. The number of nitrogens with zero attached hydrogens (tertiary/aromatic N) is 6. The SMILES string of the molecule is N#Cc1nccnc1N1CCN(C(=O)CN2CCCCCC2)CC1. The Morgan fingerprint density at radius 1 is 1.00 bits per heavy atom. The summed E-state index contributed by atoms with van der Waals surface area (Å²) >= 11 is 0. The Labute approximate surface area is 142 Å². The van der Waals surface area contributed by atoms with Crippen LogP contribution in [0.4, 0.5) is 5.82 Å². The number of likely N-dealkylation sites (tertiary alicyclic amines) is 1. The molecule has 7 heteroatoms. The second-order valence-corrected chi connectivity index (χ2v) is 6.40. The Hall–Kier alpha value is -2.20. The number of hydrogen-bond donors (Lipinski definition) is 0. The van der Waals surface area contributed by atoms with Gasteiger partial charge in [-0.1, -0.05) is 12.8 Å². The maximum atomic E-state index is 12.5. The van der Waals surface area contributed by atoms with E-state index < -0.39 is 0 Å². The molecule has 2 saturated heterocycles. The zero-order valence-corrected chi connectivity index (χ0v) is 14.0. The molecular formula is C17H24N6O. The first-order chi connectivity index (χ1) is 11.8. The van der Waals surface area contributed by atoms with Crippen molar-refractivity contribution < 1.29 is 4.79 Å². The second-order valence-electron chi connectivity index (χ2n) is 6.40. The van der Waals surface area contributed by atoms with Crippen LogP contribution in [0.15, 0.2) is 12.4 Å². The van der Waals surface area contributed by atoms with Crippen molar-refractivity contribution in [1.29, 1.82) is 5.26 Å². The highest BCUT2D eigenvalue weighted by molar-refractivity contribution is 5.78. The largest absolute Gasteiger partial charge is 0.351 e. The summed E-state index contributed by atoms with van der Waals surface area (Å²) in [6.07, 6.45) is 8.09. The summed E-state index contributed by atoms with van der Waals surface area (Å²) in [4.78, 5) is 27.1. The van der Waals surface area contributed by atoms with Crippen LogP contribution in [0, 0.1) is 11.3 Å². The zero-order chi connectivity index (χ0) is 16.8. The van der Waals surface area contributed by atoms with E-state index in [0.717, 1.165) is 13.1 Å². The van der Waals surface area contributed by atoms with E-state index >= 15 is 0 Å². The van der Waals surface area contributed by atoms with E-state index in [0.29, 0.717) is 44.2 Å². The molecule has 2 aliphatic heterocycles. The van der Waals surface area contributed by atoms with E-state index in [4.69, 9.17) is 5.26 Å². The Balaban J connectivity index is 1.53. The minimum absolute atomic E-state index is 0.219. The van der Waals surface area contributed by atoms with Crippen molar-refractivity contribution in [2.75, 3.05) is 50.7 Å². The van der Waals surface area contributed by atoms with Crippen LogP contribution in [-0.4, -0.2) is 71.5 Å². The molecule has 0 aliphatic carbocycles. The van der Waals surface area contributed by atoms with Gasteiger partial charge in [0.1, 0.15) is 6.07 Å². The third-order valence-corrected chi connectivity index (χ3v) is 4.77. The molecule has 1 aromatic rings. The van der Waals surface area contributed by atoms with Gasteiger partial charge in [-0.15, -0.1) is 0 Å². The van der Waals surface area contributed by atoms with Crippen molar-refractivity contribution in [1.82, 2.24) is 19.8 Å². The summed E-state index contributed by atoms with van der Waals surface area (Å²) in [7, 11) is 0. The van der Waals surface area contributed by atoms with Gasteiger partial charge in [0.25, 0.3) is 0 Å². The van der Waals surface area contributed by atoms with Gasteiger partial charge in [0.2, 0.25) is 5.91 Å². The Morgan fingerprint density at radius 2 is 1.67 bits per heavy atom. The molecule has 1 amide bonds. The van der Waals surface area contributed by atoms with Crippen molar-refractivity contribution >= 4 is 11.7 Å². The average Bonchev–Trinajstić information content (AvgIpc) is 2.90. The molecule has 3 rings (SSSR count). The maximum absolute atomic E-state index is 12.5. The van der Waals surface area contributed by atoms with Crippen molar-refractivity contribution in [3.63, 3.8) is 0 Å². The molecule has 0 saturated carbocycles. The number of aromatic nitrogens is 2. The predicted molar refractivity (Wildman–Crippen MR) is 90.4 cm³/mol. The Kier molecular flexibility index (Phi) is 5.59. The smallest absolute Gasteiger partial charge is 0.236 e. The predicted octanol–water partition coefficient (Wildman–Crippen LogP) is 0.873. The van der Waals surface area contributed by atoms with Crippen LogP contribution >= 0.6 is 0 Å². The zero-order valence-electron chi connectivity index (χ0n) is 14.0. The fraction of sp³-hybridized carbons (Fsp3) is 0.647. The van der Waals surface area contributed by atoms with Crippen LogP contribution in [0.1, 0.15) is 31.4 Å². The molecule has 0 N–H and O–H groups in total. The van der Waals surface area contributed by atoms with Crippen LogP contribution in [0.5, 0.6) is 0 Å². The molecule has 0 radical (unpaired) electrons. The number of anilines is 1. The Bertz CT molecular complexity index is 597. The van der Waals surface area contributed by atoms with Gasteiger partial charge >= 0.3 is 0 Å². The molecule has 3 heterocycles. The molecule has 24 heavy (non-hydrogen) atoms. The molecule has 7 nitrogen and oxygen atoms in total. The lowest BCUT2D eigenvalue weighted by atomic mass is 10.2. The molecule has 0 spiro atoms. The quantitative estimate of drug-likeness (QED) is 0.819. The number of nitriles is 1. The van der Waals surface area contributed by atoms with E-state index in [1.807, 2.05) is 9.80 Å². The van der Waals surface area contributed by atoms with Gasteiger partial charge in [-0.05, 0) is 25.9 Å². The van der Waals surface area contributed by atoms with Gasteiger partial charge in [-0.3, -0.25) is 9.69 Å². The third kappa shape index (κ3) is 4.01. The highest BCUT2D eigenvalue weighted by Crippen LogP contribution is 2.16. The molecule has 0 bridgehead atoms. The topological polar surface area (TPSA) is 76.4 Å². The molecule has 1 aromatic heterocycles. The van der Waals surface area contributed by atoms with Gasteiger partial charge in [0, 0.05) is 38.6 Å². The minimum Gasteiger partial charge on any atom is -0.351 e. The summed E-state index contributed by atoms with van der Waals surface area (Å²) in [5.41, 5.74) is 0.349. The van der Waals surface area contributed by atoms with Crippen molar-refractivity contribution in [3.05, 3.63) is 18.1 Å². The number of rotatable bonds is 3. The van der Waals surface area contributed by atoms with Gasteiger partial charge in [-0.25, -0.2) is 9.97 Å². The maximum Gasteiger partial charge on any atom is 0.236 e. The summed E-state index contributed by atoms with van der Waals surface area (Å²) < 4.78 is 0. The van der Waals surface area contributed by atoms with Crippen LogP contribution in [0.2, 0.25) is 0 Å². The van der Waals surface area contributed by atoms with E-state index in [-0.39, 0.29) is 5.91 Å². The lowest BCUT2D eigenvalue weighted by Gasteiger charge is -2.36. The lowest BCUT2D eigenvalue weighted by Crippen LogP contribution is -2.51. The molecular weight excluding hydrogens is 304 g/mol. The molecule has 2 aliphatic rings. The number of hydrogen-bond acceptors (Lipinski definition) is 6.